The number of hydrogen-bond acceptors (Lipinski definition) is 6. The first kappa shape index (κ1) is 19.0. The van der Waals surface area contributed by atoms with Crippen molar-refractivity contribution in [1.82, 2.24) is 9.97 Å². The summed E-state index contributed by atoms with van der Waals surface area (Å²) in [7, 11) is 0. The van der Waals surface area contributed by atoms with Crippen LogP contribution in [-0.4, -0.2) is 27.9 Å². The molecule has 0 aliphatic rings. The molecule has 0 aliphatic heterocycles. The second kappa shape index (κ2) is 7.84. The van der Waals surface area contributed by atoms with Gasteiger partial charge < -0.3 is 10.1 Å². The number of hydrogen-bond donors (Lipinski definition) is 1. The van der Waals surface area contributed by atoms with Crippen molar-refractivity contribution in [3.63, 3.8) is 0 Å². The Hall–Kier alpha value is -3.79. The number of aromatic nitrogens is 2. The van der Waals surface area contributed by atoms with Gasteiger partial charge in [0.15, 0.2) is 6.10 Å². The zero-order valence-corrected chi connectivity index (χ0v) is 15.7. The number of fused-ring (bicyclic) bond motifs is 1. The minimum atomic E-state index is -1.01. The van der Waals surface area contributed by atoms with Gasteiger partial charge in [-0.3, -0.25) is 4.79 Å². The van der Waals surface area contributed by atoms with Gasteiger partial charge in [0.1, 0.15) is 0 Å². The highest BCUT2D eigenvalue weighted by molar-refractivity contribution is 5.98. The van der Waals surface area contributed by atoms with Gasteiger partial charge in [0, 0.05) is 5.69 Å². The zero-order valence-electron chi connectivity index (χ0n) is 15.7. The molecule has 0 saturated carbocycles. The van der Waals surface area contributed by atoms with Crippen LogP contribution in [0.1, 0.15) is 34.2 Å². The van der Waals surface area contributed by atoms with Crippen LogP contribution in [-0.2, 0) is 9.53 Å². The number of aryl methyl sites for hydroxylation is 2. The van der Waals surface area contributed by atoms with Crippen molar-refractivity contribution in [3.05, 3.63) is 65.0 Å². The van der Waals surface area contributed by atoms with Crippen LogP contribution >= 0.6 is 0 Å². The number of ether oxygens (including phenoxy) is 1. The van der Waals surface area contributed by atoms with E-state index in [0.717, 1.165) is 11.4 Å². The number of benzene rings is 2. The molecule has 0 fully saturated rings. The Morgan fingerprint density at radius 2 is 1.79 bits per heavy atom. The largest absolute Gasteiger partial charge is 0.449 e. The van der Waals surface area contributed by atoms with E-state index >= 15 is 0 Å². The first-order chi connectivity index (χ1) is 13.4. The Morgan fingerprint density at radius 1 is 1.07 bits per heavy atom. The number of anilines is 1. The number of nitrogens with one attached hydrogen (secondary N) is 1. The number of carbonyl (C=O) groups excluding carboxylic acids is 2. The smallest absolute Gasteiger partial charge is 0.338 e. The van der Waals surface area contributed by atoms with Crippen molar-refractivity contribution in [2.75, 3.05) is 5.32 Å². The normalized spacial score (nSPS) is 11.5. The van der Waals surface area contributed by atoms with Crippen LogP contribution in [0.5, 0.6) is 0 Å². The predicted molar refractivity (Wildman–Crippen MR) is 104 cm³/mol. The Kier molecular flexibility index (Phi) is 5.32. The second-order valence-corrected chi connectivity index (χ2v) is 6.33. The molecule has 1 atom stereocenters. The topological polar surface area (TPSA) is 105 Å². The molecule has 0 aliphatic carbocycles. The molecule has 0 saturated heterocycles. The van der Waals surface area contributed by atoms with Gasteiger partial charge in [-0.05, 0) is 57.2 Å². The number of carbonyl (C=O) groups is 2. The maximum Gasteiger partial charge on any atom is 0.338 e. The molecule has 0 radical (unpaired) electrons. The van der Waals surface area contributed by atoms with Crippen molar-refractivity contribution >= 4 is 28.6 Å². The zero-order chi connectivity index (χ0) is 20.3. The molecule has 1 N–H and O–H groups in total. The maximum atomic E-state index is 12.4. The van der Waals surface area contributed by atoms with E-state index in [9.17, 15) is 9.59 Å². The van der Waals surface area contributed by atoms with Gasteiger partial charge in [-0.15, -0.1) is 0 Å². The number of nitriles is 1. The van der Waals surface area contributed by atoms with E-state index in [1.54, 1.807) is 42.5 Å². The lowest BCUT2D eigenvalue weighted by Crippen LogP contribution is -2.30. The molecule has 7 nitrogen and oxygen atoms in total. The molecule has 140 valence electrons. The average Bonchev–Trinajstić information content (AvgIpc) is 2.68. The van der Waals surface area contributed by atoms with Crippen LogP contribution in [0.3, 0.4) is 0 Å². The third-order valence-corrected chi connectivity index (χ3v) is 4.22. The van der Waals surface area contributed by atoms with E-state index in [1.807, 2.05) is 19.9 Å². The summed E-state index contributed by atoms with van der Waals surface area (Å²) in [6.45, 7) is 5.20. The summed E-state index contributed by atoms with van der Waals surface area (Å²) in [5.74, 6) is -1.12. The van der Waals surface area contributed by atoms with Gasteiger partial charge in [0.05, 0.1) is 39.6 Å². The quantitative estimate of drug-likeness (QED) is 0.703. The molecule has 7 heteroatoms. The van der Waals surface area contributed by atoms with Gasteiger partial charge in [-0.1, -0.05) is 6.07 Å². The summed E-state index contributed by atoms with van der Waals surface area (Å²) in [5.41, 5.74) is 4.05. The highest BCUT2D eigenvalue weighted by atomic mass is 16.5. The van der Waals surface area contributed by atoms with Crippen LogP contribution in [0.2, 0.25) is 0 Å². The van der Waals surface area contributed by atoms with E-state index in [0.29, 0.717) is 22.3 Å². The van der Waals surface area contributed by atoms with Crippen LogP contribution in [0, 0.1) is 25.2 Å². The first-order valence-corrected chi connectivity index (χ1v) is 8.64. The highest BCUT2D eigenvalue weighted by Crippen LogP contribution is 2.16. The molecule has 1 amide bonds. The molecule has 0 bridgehead atoms. The molecule has 2 aromatic carbocycles. The lowest BCUT2D eigenvalue weighted by Gasteiger charge is -2.14. The summed E-state index contributed by atoms with van der Waals surface area (Å²) >= 11 is 0. The van der Waals surface area contributed by atoms with Crippen LogP contribution in [0.15, 0.2) is 42.5 Å². The van der Waals surface area contributed by atoms with Crippen molar-refractivity contribution in [1.29, 1.82) is 5.26 Å². The summed E-state index contributed by atoms with van der Waals surface area (Å²) in [6, 6.07) is 13.4. The third-order valence-electron chi connectivity index (χ3n) is 4.22. The van der Waals surface area contributed by atoms with Crippen molar-refractivity contribution in [2.24, 2.45) is 0 Å². The standard InChI is InChI=1S/C21H18N4O3/c1-12-13(2)24-19-10-16(7-8-18(19)23-12)21(27)28-14(3)20(26)25-17-6-4-5-15(9-17)11-22/h4-10,14H,1-3H3,(H,25,26). The fourth-order valence-electron chi connectivity index (χ4n) is 2.55. The van der Waals surface area contributed by atoms with Crippen LogP contribution in [0.25, 0.3) is 11.0 Å². The number of amides is 1. The van der Waals surface area contributed by atoms with Gasteiger partial charge >= 0.3 is 5.97 Å². The Balaban J connectivity index is 1.71. The van der Waals surface area contributed by atoms with E-state index in [1.165, 1.54) is 6.92 Å². The van der Waals surface area contributed by atoms with Crippen molar-refractivity contribution in [3.8, 4) is 6.07 Å². The molecule has 28 heavy (non-hydrogen) atoms. The molecular formula is C21H18N4O3. The van der Waals surface area contributed by atoms with E-state index in [-0.39, 0.29) is 5.56 Å². The van der Waals surface area contributed by atoms with E-state index in [4.69, 9.17) is 10.00 Å². The van der Waals surface area contributed by atoms with Crippen molar-refractivity contribution in [2.45, 2.75) is 26.9 Å². The lowest BCUT2D eigenvalue weighted by molar-refractivity contribution is -0.123. The molecule has 3 aromatic rings. The number of nitrogens with zero attached hydrogens (tertiary/aromatic N) is 3. The van der Waals surface area contributed by atoms with Crippen LogP contribution < -0.4 is 5.32 Å². The Labute approximate surface area is 162 Å². The molecular weight excluding hydrogens is 356 g/mol. The Morgan fingerprint density at radius 3 is 2.50 bits per heavy atom. The summed E-state index contributed by atoms with van der Waals surface area (Å²) < 4.78 is 5.27. The molecule has 1 unspecified atom stereocenters. The molecule has 0 spiro atoms. The van der Waals surface area contributed by atoms with Gasteiger partial charge in [-0.2, -0.15) is 5.26 Å². The molecule has 1 heterocycles. The third kappa shape index (κ3) is 4.13. The fourth-order valence-corrected chi connectivity index (χ4v) is 2.55. The fraction of sp³-hybridized carbons (Fsp3) is 0.190. The highest BCUT2D eigenvalue weighted by Gasteiger charge is 2.20. The van der Waals surface area contributed by atoms with E-state index in [2.05, 4.69) is 15.3 Å². The molecule has 1 aromatic heterocycles. The second-order valence-electron chi connectivity index (χ2n) is 6.33. The average molecular weight is 374 g/mol. The van der Waals surface area contributed by atoms with Crippen molar-refractivity contribution < 1.29 is 14.3 Å². The minimum absolute atomic E-state index is 0.288. The Bertz CT molecular complexity index is 1120. The minimum Gasteiger partial charge on any atom is -0.449 e. The lowest BCUT2D eigenvalue weighted by atomic mass is 10.2. The van der Waals surface area contributed by atoms with Crippen LogP contribution in [0.4, 0.5) is 5.69 Å². The summed E-state index contributed by atoms with van der Waals surface area (Å²) in [6.07, 6.45) is -1.01. The monoisotopic (exact) mass is 374 g/mol. The van der Waals surface area contributed by atoms with Gasteiger partial charge in [0.25, 0.3) is 5.91 Å². The SMILES string of the molecule is Cc1nc2ccc(C(=O)OC(C)C(=O)Nc3cccc(C#N)c3)cc2nc1C. The molecule has 3 rings (SSSR count). The summed E-state index contributed by atoms with van der Waals surface area (Å²) in [4.78, 5) is 33.5. The first-order valence-electron chi connectivity index (χ1n) is 8.64. The predicted octanol–water partition coefficient (Wildman–Crippen LogP) is 3.30. The summed E-state index contributed by atoms with van der Waals surface area (Å²) in [5, 5.41) is 11.5. The number of rotatable bonds is 4. The number of esters is 1. The van der Waals surface area contributed by atoms with Gasteiger partial charge in [0.2, 0.25) is 0 Å². The van der Waals surface area contributed by atoms with Gasteiger partial charge in [-0.25, -0.2) is 14.8 Å². The van der Waals surface area contributed by atoms with E-state index < -0.39 is 18.0 Å². The maximum absolute atomic E-state index is 12.4.